The summed E-state index contributed by atoms with van der Waals surface area (Å²) in [6, 6.07) is 10.7. The van der Waals surface area contributed by atoms with Gasteiger partial charge in [-0.15, -0.1) is 0 Å². The molecule has 1 atom stereocenters. The Labute approximate surface area is 159 Å². The van der Waals surface area contributed by atoms with Crippen molar-refractivity contribution in [2.75, 3.05) is 13.2 Å². The Balaban J connectivity index is 1.43. The van der Waals surface area contributed by atoms with E-state index in [0.717, 1.165) is 6.07 Å². The molecule has 0 spiro atoms. The average Bonchev–Trinajstić information content (AvgIpc) is 2.71. The summed E-state index contributed by atoms with van der Waals surface area (Å²) in [5, 5.41) is 0. The Morgan fingerprint density at radius 3 is 2.64 bits per heavy atom. The van der Waals surface area contributed by atoms with E-state index in [1.54, 1.807) is 31.2 Å². The SMILES string of the molecule is Cc1ccc(C(=O)OCC(=O)NNC(=O)[C@H]2COc3ccccc3O2)cc1F. The van der Waals surface area contributed by atoms with Crippen molar-refractivity contribution in [2.45, 2.75) is 13.0 Å². The Kier molecular flexibility index (Phi) is 5.73. The number of benzene rings is 2. The topological polar surface area (TPSA) is 103 Å². The number of para-hydroxylation sites is 2. The first-order chi connectivity index (χ1) is 13.4. The van der Waals surface area contributed by atoms with E-state index in [1.807, 2.05) is 0 Å². The largest absolute Gasteiger partial charge is 0.485 e. The first-order valence-electron chi connectivity index (χ1n) is 8.34. The molecule has 2 amide bonds. The summed E-state index contributed by atoms with van der Waals surface area (Å²) in [7, 11) is 0. The molecule has 0 unspecified atom stereocenters. The number of halogens is 1. The van der Waals surface area contributed by atoms with Gasteiger partial charge in [0.05, 0.1) is 5.56 Å². The predicted octanol–water partition coefficient (Wildman–Crippen LogP) is 1.28. The van der Waals surface area contributed by atoms with Crippen molar-refractivity contribution in [3.05, 3.63) is 59.4 Å². The molecule has 0 aliphatic carbocycles. The maximum absolute atomic E-state index is 13.5. The molecule has 1 aliphatic heterocycles. The van der Waals surface area contributed by atoms with Crippen LogP contribution in [0.4, 0.5) is 4.39 Å². The minimum atomic E-state index is -0.951. The molecular weight excluding hydrogens is 371 g/mol. The number of hydrogen-bond donors (Lipinski definition) is 2. The van der Waals surface area contributed by atoms with Crippen LogP contribution in [0.25, 0.3) is 0 Å². The zero-order valence-corrected chi connectivity index (χ0v) is 14.9. The zero-order chi connectivity index (χ0) is 20.1. The number of carbonyl (C=O) groups excluding carboxylic acids is 3. The standard InChI is InChI=1S/C19H17FN2O6/c1-11-6-7-12(8-13(11)20)19(25)27-10-17(23)21-22-18(24)16-9-26-14-4-2-3-5-15(14)28-16/h2-8,16H,9-10H2,1H3,(H,21,23)(H,22,24)/t16-/m1/s1. The van der Waals surface area contributed by atoms with Crippen LogP contribution in [0.1, 0.15) is 15.9 Å². The average molecular weight is 388 g/mol. The van der Waals surface area contributed by atoms with Crippen molar-refractivity contribution < 1.29 is 33.0 Å². The maximum Gasteiger partial charge on any atom is 0.338 e. The van der Waals surface area contributed by atoms with E-state index in [2.05, 4.69) is 10.9 Å². The summed E-state index contributed by atoms with van der Waals surface area (Å²) in [6.07, 6.45) is -0.951. The summed E-state index contributed by atoms with van der Waals surface area (Å²) in [5.74, 6) is -1.88. The first-order valence-corrected chi connectivity index (χ1v) is 8.34. The van der Waals surface area contributed by atoms with E-state index in [-0.39, 0.29) is 12.2 Å². The van der Waals surface area contributed by atoms with E-state index in [9.17, 15) is 18.8 Å². The molecule has 3 rings (SSSR count). The second-order valence-corrected chi connectivity index (χ2v) is 5.94. The van der Waals surface area contributed by atoms with Gasteiger partial charge in [0, 0.05) is 0 Å². The molecule has 8 nitrogen and oxygen atoms in total. The van der Waals surface area contributed by atoms with Gasteiger partial charge in [-0.25, -0.2) is 9.18 Å². The molecule has 0 saturated carbocycles. The van der Waals surface area contributed by atoms with Crippen molar-refractivity contribution in [3.8, 4) is 11.5 Å². The molecule has 0 saturated heterocycles. The number of hydrazine groups is 1. The second kappa shape index (κ2) is 8.38. The summed E-state index contributed by atoms with van der Waals surface area (Å²) >= 11 is 0. The smallest absolute Gasteiger partial charge is 0.338 e. The van der Waals surface area contributed by atoms with Gasteiger partial charge in [0.15, 0.2) is 18.1 Å². The molecule has 146 valence electrons. The van der Waals surface area contributed by atoms with Gasteiger partial charge in [0.1, 0.15) is 12.4 Å². The van der Waals surface area contributed by atoms with Crippen LogP contribution in [0.3, 0.4) is 0 Å². The van der Waals surface area contributed by atoms with Gasteiger partial charge >= 0.3 is 5.97 Å². The van der Waals surface area contributed by atoms with Crippen LogP contribution in [-0.2, 0) is 14.3 Å². The van der Waals surface area contributed by atoms with Crippen LogP contribution in [-0.4, -0.2) is 37.1 Å². The monoisotopic (exact) mass is 388 g/mol. The van der Waals surface area contributed by atoms with Crippen LogP contribution >= 0.6 is 0 Å². The number of aryl methyl sites for hydroxylation is 1. The highest BCUT2D eigenvalue weighted by Gasteiger charge is 2.27. The van der Waals surface area contributed by atoms with E-state index < -0.39 is 36.3 Å². The van der Waals surface area contributed by atoms with Gasteiger partial charge < -0.3 is 14.2 Å². The third-order valence-corrected chi connectivity index (χ3v) is 3.87. The van der Waals surface area contributed by atoms with Crippen LogP contribution in [0.5, 0.6) is 11.5 Å². The van der Waals surface area contributed by atoms with Crippen LogP contribution in [0.2, 0.25) is 0 Å². The summed E-state index contributed by atoms with van der Waals surface area (Å²) in [6.45, 7) is 0.881. The number of carbonyl (C=O) groups is 3. The van der Waals surface area contributed by atoms with E-state index in [4.69, 9.17) is 14.2 Å². The van der Waals surface area contributed by atoms with E-state index in [1.165, 1.54) is 12.1 Å². The number of rotatable bonds is 4. The fourth-order valence-electron chi connectivity index (χ4n) is 2.33. The Hall–Kier alpha value is -3.62. The number of amides is 2. The minimum Gasteiger partial charge on any atom is -0.485 e. The molecule has 1 aliphatic rings. The molecule has 2 aromatic rings. The van der Waals surface area contributed by atoms with Crippen LogP contribution in [0, 0.1) is 12.7 Å². The Morgan fingerprint density at radius 1 is 1.14 bits per heavy atom. The molecule has 0 aromatic heterocycles. The van der Waals surface area contributed by atoms with Crippen molar-refractivity contribution in [1.29, 1.82) is 0 Å². The number of ether oxygens (including phenoxy) is 3. The quantitative estimate of drug-likeness (QED) is 0.604. The third-order valence-electron chi connectivity index (χ3n) is 3.87. The number of hydrogen-bond acceptors (Lipinski definition) is 6. The van der Waals surface area contributed by atoms with Gasteiger partial charge in [0.2, 0.25) is 6.10 Å². The first kappa shape index (κ1) is 19.2. The van der Waals surface area contributed by atoms with Crippen LogP contribution < -0.4 is 20.3 Å². The fraction of sp³-hybridized carbons (Fsp3) is 0.211. The molecule has 1 heterocycles. The number of fused-ring (bicyclic) bond motifs is 1. The zero-order valence-electron chi connectivity index (χ0n) is 14.9. The molecule has 0 radical (unpaired) electrons. The van der Waals surface area contributed by atoms with Crippen molar-refractivity contribution in [2.24, 2.45) is 0 Å². The molecule has 28 heavy (non-hydrogen) atoms. The summed E-state index contributed by atoms with van der Waals surface area (Å²) < 4.78 is 29.2. The molecule has 9 heteroatoms. The highest BCUT2D eigenvalue weighted by Crippen LogP contribution is 2.30. The lowest BCUT2D eigenvalue weighted by molar-refractivity contribution is -0.135. The second-order valence-electron chi connectivity index (χ2n) is 5.94. The molecule has 2 N–H and O–H groups in total. The van der Waals surface area contributed by atoms with Crippen molar-refractivity contribution >= 4 is 17.8 Å². The highest BCUT2D eigenvalue weighted by atomic mass is 19.1. The van der Waals surface area contributed by atoms with Crippen LogP contribution in [0.15, 0.2) is 42.5 Å². The third kappa shape index (κ3) is 4.56. The van der Waals surface area contributed by atoms with Gasteiger partial charge in [-0.2, -0.15) is 0 Å². The maximum atomic E-state index is 13.5. The van der Waals surface area contributed by atoms with E-state index >= 15 is 0 Å². The van der Waals surface area contributed by atoms with Gasteiger partial charge in [-0.05, 0) is 36.8 Å². The molecule has 0 fully saturated rings. The predicted molar refractivity (Wildman–Crippen MR) is 94.1 cm³/mol. The van der Waals surface area contributed by atoms with Crippen molar-refractivity contribution in [1.82, 2.24) is 10.9 Å². The van der Waals surface area contributed by atoms with Gasteiger partial charge in [-0.3, -0.25) is 20.4 Å². The van der Waals surface area contributed by atoms with E-state index in [0.29, 0.717) is 17.1 Å². The summed E-state index contributed by atoms with van der Waals surface area (Å²) in [4.78, 5) is 35.6. The molecular formula is C19H17FN2O6. The Morgan fingerprint density at radius 2 is 1.89 bits per heavy atom. The fourth-order valence-corrected chi connectivity index (χ4v) is 2.33. The summed E-state index contributed by atoms with van der Waals surface area (Å²) in [5.41, 5.74) is 4.63. The lowest BCUT2D eigenvalue weighted by Gasteiger charge is -2.25. The lowest BCUT2D eigenvalue weighted by atomic mass is 10.1. The van der Waals surface area contributed by atoms with Crippen molar-refractivity contribution in [3.63, 3.8) is 0 Å². The highest BCUT2D eigenvalue weighted by molar-refractivity contribution is 5.92. The normalized spacial score (nSPS) is 14.7. The minimum absolute atomic E-state index is 0.0211. The number of nitrogens with one attached hydrogen (secondary N) is 2. The lowest BCUT2D eigenvalue weighted by Crippen LogP contribution is -2.51. The van der Waals surface area contributed by atoms with Gasteiger partial charge in [-0.1, -0.05) is 18.2 Å². The number of esters is 1. The molecule has 0 bridgehead atoms. The molecule has 2 aromatic carbocycles. The van der Waals surface area contributed by atoms with Gasteiger partial charge in [0.25, 0.3) is 11.8 Å². The Bertz CT molecular complexity index is 917.